The molecule has 0 radical (unpaired) electrons. The average Bonchev–Trinajstić information content (AvgIpc) is 2.73. The van der Waals surface area contributed by atoms with Gasteiger partial charge in [-0.05, 0) is 20.3 Å². The van der Waals surface area contributed by atoms with E-state index in [1.807, 2.05) is 37.3 Å². The van der Waals surface area contributed by atoms with Crippen LogP contribution < -0.4 is 0 Å². The minimum absolute atomic E-state index is 0.223. The lowest BCUT2D eigenvalue weighted by atomic mass is 9.84. The van der Waals surface area contributed by atoms with E-state index in [1.165, 1.54) is 12.3 Å². The lowest BCUT2D eigenvalue weighted by Crippen LogP contribution is -2.59. The van der Waals surface area contributed by atoms with Crippen LogP contribution in [0.3, 0.4) is 0 Å². The molecule has 0 saturated carbocycles. The van der Waals surface area contributed by atoms with E-state index < -0.39 is 17.9 Å². The Morgan fingerprint density at radius 1 is 1.28 bits per heavy atom. The van der Waals surface area contributed by atoms with Crippen LogP contribution in [0.25, 0.3) is 0 Å². The highest BCUT2D eigenvalue weighted by molar-refractivity contribution is 5.81. The number of rotatable bonds is 8. The number of ether oxygens (including phenoxy) is 5. The van der Waals surface area contributed by atoms with Crippen LogP contribution >= 0.6 is 0 Å². The molecule has 0 unspecified atom stereocenters. The Labute approximate surface area is 170 Å². The zero-order chi connectivity index (χ0) is 20.7. The minimum atomic E-state index is -0.701. The molecule has 0 amide bonds. The summed E-state index contributed by atoms with van der Waals surface area (Å²) in [6, 6.07) is 9.73. The molecule has 2 fully saturated rings. The summed E-state index contributed by atoms with van der Waals surface area (Å²) in [6.45, 7) is 4.35. The van der Waals surface area contributed by atoms with Gasteiger partial charge in [-0.1, -0.05) is 30.3 Å². The molecule has 29 heavy (non-hydrogen) atoms. The molecule has 7 nitrogen and oxygen atoms in total. The first-order chi connectivity index (χ1) is 14.1. The van der Waals surface area contributed by atoms with Gasteiger partial charge in [-0.3, -0.25) is 0 Å². The van der Waals surface area contributed by atoms with Gasteiger partial charge in [-0.25, -0.2) is 4.79 Å². The molecule has 158 valence electrons. The van der Waals surface area contributed by atoms with Crippen molar-refractivity contribution < 1.29 is 33.3 Å². The number of hydrogen-bond acceptors (Lipinski definition) is 7. The van der Waals surface area contributed by atoms with Gasteiger partial charge in [-0.2, -0.15) is 0 Å². The Bertz CT molecular complexity index is 704. The van der Waals surface area contributed by atoms with E-state index in [-0.39, 0.29) is 18.3 Å². The SMILES string of the molecule is CCOC(=O)/C=C/O[C@@H]1C[C@@H]2O[C@H](c3ccccc3)OC[C@H]2O[C@@]1(C)CCC=O. The highest BCUT2D eigenvalue weighted by Gasteiger charge is 2.49. The molecule has 5 atom stereocenters. The number of hydrogen-bond donors (Lipinski definition) is 0. The molecule has 2 aliphatic heterocycles. The summed E-state index contributed by atoms with van der Waals surface area (Å²) in [5.41, 5.74) is 0.243. The molecular weight excluding hydrogens is 376 g/mol. The van der Waals surface area contributed by atoms with Crippen LogP contribution in [-0.2, 0) is 33.3 Å². The summed E-state index contributed by atoms with van der Waals surface area (Å²) in [5, 5.41) is 0. The van der Waals surface area contributed by atoms with Crippen molar-refractivity contribution >= 4 is 12.3 Å². The lowest BCUT2D eigenvalue weighted by molar-refractivity contribution is -0.321. The number of carbonyl (C=O) groups is 2. The van der Waals surface area contributed by atoms with Gasteiger partial charge in [0, 0.05) is 18.4 Å². The van der Waals surface area contributed by atoms with Gasteiger partial charge in [0.2, 0.25) is 0 Å². The fraction of sp³-hybridized carbons (Fsp3) is 0.545. The second-order valence-electron chi connectivity index (χ2n) is 7.34. The maximum atomic E-state index is 11.5. The summed E-state index contributed by atoms with van der Waals surface area (Å²) in [7, 11) is 0. The van der Waals surface area contributed by atoms with E-state index in [1.54, 1.807) is 6.92 Å². The number of carbonyl (C=O) groups excluding carboxylic acids is 2. The molecule has 2 heterocycles. The van der Waals surface area contributed by atoms with Crippen LogP contribution in [0.5, 0.6) is 0 Å². The fourth-order valence-electron chi connectivity index (χ4n) is 3.70. The van der Waals surface area contributed by atoms with Gasteiger partial charge >= 0.3 is 5.97 Å². The topological polar surface area (TPSA) is 80.3 Å². The van der Waals surface area contributed by atoms with Gasteiger partial charge in [-0.15, -0.1) is 0 Å². The zero-order valence-electron chi connectivity index (χ0n) is 16.8. The maximum absolute atomic E-state index is 11.5. The van der Waals surface area contributed by atoms with Gasteiger partial charge in [0.25, 0.3) is 0 Å². The van der Waals surface area contributed by atoms with Crippen LogP contribution in [0.15, 0.2) is 42.7 Å². The summed E-state index contributed by atoms with van der Waals surface area (Å²) >= 11 is 0. The molecule has 2 aliphatic rings. The van der Waals surface area contributed by atoms with E-state index in [0.717, 1.165) is 11.8 Å². The Kier molecular flexibility index (Phi) is 7.41. The number of esters is 1. The molecule has 2 saturated heterocycles. The first-order valence-electron chi connectivity index (χ1n) is 9.98. The number of fused-ring (bicyclic) bond motifs is 1. The van der Waals surface area contributed by atoms with E-state index in [4.69, 9.17) is 23.7 Å². The summed E-state index contributed by atoms with van der Waals surface area (Å²) in [6.07, 6.45) is 3.53. The predicted molar refractivity (Wildman–Crippen MR) is 104 cm³/mol. The van der Waals surface area contributed by atoms with E-state index >= 15 is 0 Å². The van der Waals surface area contributed by atoms with E-state index in [2.05, 4.69) is 0 Å². The number of aldehydes is 1. The van der Waals surface area contributed by atoms with E-state index in [0.29, 0.717) is 32.5 Å². The highest BCUT2D eigenvalue weighted by Crippen LogP contribution is 2.40. The Morgan fingerprint density at radius 3 is 2.79 bits per heavy atom. The quantitative estimate of drug-likeness (QED) is 0.285. The normalized spacial score (nSPS) is 31.8. The first kappa shape index (κ1) is 21.5. The van der Waals surface area contributed by atoms with Gasteiger partial charge in [0.05, 0.1) is 31.7 Å². The smallest absolute Gasteiger partial charge is 0.333 e. The molecule has 0 bridgehead atoms. The summed E-state index contributed by atoms with van der Waals surface area (Å²) in [4.78, 5) is 22.5. The van der Waals surface area contributed by atoms with Crippen LogP contribution in [0.1, 0.15) is 45.0 Å². The van der Waals surface area contributed by atoms with Crippen LogP contribution in [-0.4, -0.2) is 49.4 Å². The third-order valence-electron chi connectivity index (χ3n) is 5.24. The van der Waals surface area contributed by atoms with E-state index in [9.17, 15) is 9.59 Å². The second-order valence-corrected chi connectivity index (χ2v) is 7.34. The van der Waals surface area contributed by atoms with Crippen LogP contribution in [0, 0.1) is 0 Å². The van der Waals surface area contributed by atoms with Crippen molar-refractivity contribution in [3.63, 3.8) is 0 Å². The average molecular weight is 404 g/mol. The second kappa shape index (κ2) is 10.0. The van der Waals surface area contributed by atoms with Gasteiger partial charge < -0.3 is 28.5 Å². The standard InChI is InChI=1S/C22H28O7/c1-3-25-20(24)10-13-26-19-14-17-18(29-22(19,2)11-7-12-23)15-27-21(28-17)16-8-5-4-6-9-16/h4-6,8-10,12-13,17-19,21H,3,7,11,14-15H2,1-2H3/b13-10+/t17-,18+,19+,21+,22-/m0/s1. The minimum Gasteiger partial charge on any atom is -0.495 e. The van der Waals surface area contributed by atoms with Crippen molar-refractivity contribution in [3.8, 4) is 0 Å². The molecule has 0 aromatic heterocycles. The van der Waals surface area contributed by atoms with Gasteiger partial charge in [0.1, 0.15) is 24.1 Å². The first-order valence-corrected chi connectivity index (χ1v) is 9.98. The molecule has 0 aliphatic carbocycles. The van der Waals surface area contributed by atoms with Crippen molar-refractivity contribution in [2.24, 2.45) is 0 Å². The van der Waals surface area contributed by atoms with Crippen molar-refractivity contribution in [2.75, 3.05) is 13.2 Å². The van der Waals surface area contributed by atoms with Crippen molar-refractivity contribution in [1.29, 1.82) is 0 Å². The third-order valence-corrected chi connectivity index (χ3v) is 5.24. The van der Waals surface area contributed by atoms with Crippen LogP contribution in [0.4, 0.5) is 0 Å². The highest BCUT2D eigenvalue weighted by atomic mass is 16.7. The largest absolute Gasteiger partial charge is 0.495 e. The Hall–Kier alpha value is -2.22. The third kappa shape index (κ3) is 5.44. The zero-order valence-corrected chi connectivity index (χ0v) is 16.8. The van der Waals surface area contributed by atoms with Gasteiger partial charge in [0.15, 0.2) is 6.29 Å². The number of benzene rings is 1. The molecule has 3 rings (SSSR count). The molecule has 0 spiro atoms. The molecule has 1 aromatic carbocycles. The molecule has 1 aromatic rings. The van der Waals surface area contributed by atoms with Crippen molar-refractivity contribution in [2.45, 2.75) is 63.3 Å². The monoisotopic (exact) mass is 404 g/mol. The van der Waals surface area contributed by atoms with Crippen LogP contribution in [0.2, 0.25) is 0 Å². The van der Waals surface area contributed by atoms with Crippen molar-refractivity contribution in [1.82, 2.24) is 0 Å². The maximum Gasteiger partial charge on any atom is 0.333 e. The fourth-order valence-corrected chi connectivity index (χ4v) is 3.70. The molecule has 7 heteroatoms. The molecular formula is C22H28O7. The summed E-state index contributed by atoms with van der Waals surface area (Å²) < 4.78 is 29.1. The lowest BCUT2D eigenvalue weighted by Gasteiger charge is -2.49. The summed E-state index contributed by atoms with van der Waals surface area (Å²) in [5.74, 6) is -0.469. The van der Waals surface area contributed by atoms with Crippen molar-refractivity contribution in [3.05, 3.63) is 48.2 Å². The Morgan fingerprint density at radius 2 is 2.07 bits per heavy atom. The molecule has 0 N–H and O–H groups in total. The Balaban J connectivity index is 1.70. The predicted octanol–water partition coefficient (Wildman–Crippen LogP) is 3.09.